The number of ether oxygens (including phenoxy) is 1. The highest BCUT2D eigenvalue weighted by Crippen LogP contribution is 2.36. The minimum atomic E-state index is -4.50. The van der Waals surface area contributed by atoms with Crippen LogP contribution in [0.4, 0.5) is 13.2 Å². The van der Waals surface area contributed by atoms with Gasteiger partial charge in [0.15, 0.2) is 5.82 Å². The van der Waals surface area contributed by atoms with E-state index in [0.717, 1.165) is 16.7 Å². The molecule has 21 heavy (non-hydrogen) atoms. The zero-order valence-electron chi connectivity index (χ0n) is 10.9. The first-order chi connectivity index (χ1) is 9.75. The number of hydrogen-bond donors (Lipinski definition) is 0. The van der Waals surface area contributed by atoms with Gasteiger partial charge in [-0.2, -0.15) is 13.2 Å². The summed E-state index contributed by atoms with van der Waals surface area (Å²) in [4.78, 5) is 11.7. The molecule has 0 aliphatic rings. The quantitative estimate of drug-likeness (QED) is 0.853. The fraction of sp³-hybridized carbons (Fsp3) is 0.250. The Kier molecular flexibility index (Phi) is 3.91. The van der Waals surface area contributed by atoms with Crippen LogP contribution in [0.1, 0.15) is 5.56 Å². The molecular weight excluding hydrogens is 311 g/mol. The summed E-state index contributed by atoms with van der Waals surface area (Å²) in [6.07, 6.45) is -4.50. The summed E-state index contributed by atoms with van der Waals surface area (Å²) < 4.78 is 44.1. The van der Waals surface area contributed by atoms with E-state index in [0.29, 0.717) is 0 Å². The Hall–Kier alpha value is -2.09. The summed E-state index contributed by atoms with van der Waals surface area (Å²) in [6.45, 7) is 0. The van der Waals surface area contributed by atoms with Gasteiger partial charge in [0.05, 0.1) is 18.2 Å². The summed E-state index contributed by atoms with van der Waals surface area (Å²) in [5, 5.41) is 6.87. The topological polar surface area (TPSA) is 57.0 Å². The maximum absolute atomic E-state index is 12.7. The van der Waals surface area contributed by atoms with Crippen molar-refractivity contribution in [2.24, 2.45) is 7.05 Å². The predicted octanol–water partition coefficient (Wildman–Crippen LogP) is 2.52. The van der Waals surface area contributed by atoms with E-state index in [9.17, 15) is 18.0 Å². The highest BCUT2D eigenvalue weighted by atomic mass is 35.5. The van der Waals surface area contributed by atoms with Crippen LogP contribution in [0.5, 0.6) is 5.75 Å². The van der Waals surface area contributed by atoms with E-state index in [-0.39, 0.29) is 22.3 Å². The smallest absolute Gasteiger partial charge is 0.416 e. The summed E-state index contributed by atoms with van der Waals surface area (Å²) >= 11 is 5.55. The lowest BCUT2D eigenvalue weighted by molar-refractivity contribution is -0.137. The minimum absolute atomic E-state index is 0.0509. The van der Waals surface area contributed by atoms with Crippen LogP contribution in [-0.4, -0.2) is 21.9 Å². The van der Waals surface area contributed by atoms with Gasteiger partial charge in [0.25, 0.3) is 5.56 Å². The number of methoxy groups -OCH3 is 1. The highest BCUT2D eigenvalue weighted by Gasteiger charge is 2.31. The first kappa shape index (κ1) is 15.3. The average molecular weight is 320 g/mol. The van der Waals surface area contributed by atoms with Gasteiger partial charge in [-0.25, -0.2) is 0 Å². The van der Waals surface area contributed by atoms with Crippen LogP contribution in [-0.2, 0) is 13.2 Å². The van der Waals surface area contributed by atoms with E-state index in [1.807, 2.05) is 0 Å². The molecule has 0 N–H and O–H groups in total. The maximum Gasteiger partial charge on any atom is 0.416 e. The molecule has 0 unspecified atom stereocenters. The van der Waals surface area contributed by atoms with Crippen molar-refractivity contribution in [1.29, 1.82) is 0 Å². The van der Waals surface area contributed by atoms with Crippen molar-refractivity contribution in [2.45, 2.75) is 6.18 Å². The molecule has 1 aromatic carbocycles. The summed E-state index contributed by atoms with van der Waals surface area (Å²) in [7, 11) is 2.61. The van der Waals surface area contributed by atoms with Gasteiger partial charge in [-0.15, -0.1) is 10.2 Å². The predicted molar refractivity (Wildman–Crippen MR) is 69.3 cm³/mol. The Morgan fingerprint density at radius 3 is 2.52 bits per heavy atom. The number of alkyl halides is 3. The number of aromatic nitrogens is 3. The van der Waals surface area contributed by atoms with Crippen molar-refractivity contribution < 1.29 is 17.9 Å². The molecule has 0 saturated carbocycles. The molecule has 0 amide bonds. The molecule has 0 atom stereocenters. The van der Waals surface area contributed by atoms with E-state index in [2.05, 4.69) is 10.2 Å². The molecule has 5 nitrogen and oxygen atoms in total. The van der Waals surface area contributed by atoms with Gasteiger partial charge in [0.2, 0.25) is 5.15 Å². The maximum atomic E-state index is 12.7. The number of nitrogens with zero attached hydrogens (tertiary/aromatic N) is 3. The molecule has 0 aliphatic heterocycles. The lowest BCUT2D eigenvalue weighted by Crippen LogP contribution is -2.22. The van der Waals surface area contributed by atoms with Gasteiger partial charge in [-0.1, -0.05) is 11.6 Å². The van der Waals surface area contributed by atoms with E-state index < -0.39 is 17.3 Å². The van der Waals surface area contributed by atoms with Crippen LogP contribution in [0, 0.1) is 0 Å². The van der Waals surface area contributed by atoms with Gasteiger partial charge in [0, 0.05) is 7.05 Å². The van der Waals surface area contributed by atoms with Gasteiger partial charge in [-0.3, -0.25) is 9.36 Å². The Morgan fingerprint density at radius 1 is 1.29 bits per heavy atom. The van der Waals surface area contributed by atoms with Crippen LogP contribution in [0.2, 0.25) is 5.15 Å². The van der Waals surface area contributed by atoms with Crippen molar-refractivity contribution in [3.63, 3.8) is 0 Å². The summed E-state index contributed by atoms with van der Waals surface area (Å²) in [6, 6.07) is 2.87. The lowest BCUT2D eigenvalue weighted by Gasteiger charge is -2.13. The second-order valence-electron chi connectivity index (χ2n) is 4.09. The van der Waals surface area contributed by atoms with Gasteiger partial charge < -0.3 is 4.74 Å². The molecule has 112 valence electrons. The van der Waals surface area contributed by atoms with E-state index >= 15 is 0 Å². The molecule has 0 radical (unpaired) electrons. The Balaban J connectivity index is 2.65. The number of hydrogen-bond acceptors (Lipinski definition) is 4. The number of benzene rings is 1. The molecule has 0 spiro atoms. The van der Waals surface area contributed by atoms with Gasteiger partial charge in [0.1, 0.15) is 5.75 Å². The number of halogens is 4. The monoisotopic (exact) mass is 319 g/mol. The molecular formula is C12H9ClF3N3O2. The molecule has 0 bridgehead atoms. The second kappa shape index (κ2) is 5.36. The third kappa shape index (κ3) is 2.85. The van der Waals surface area contributed by atoms with Crippen molar-refractivity contribution in [3.05, 3.63) is 39.3 Å². The third-order valence-corrected chi connectivity index (χ3v) is 3.04. The summed E-state index contributed by atoms with van der Waals surface area (Å²) in [5.41, 5.74) is -1.27. The van der Waals surface area contributed by atoms with Crippen LogP contribution in [0.3, 0.4) is 0 Å². The van der Waals surface area contributed by atoms with E-state index in [4.69, 9.17) is 16.3 Å². The largest absolute Gasteiger partial charge is 0.496 e. The van der Waals surface area contributed by atoms with E-state index in [1.54, 1.807) is 0 Å². The zero-order chi connectivity index (χ0) is 15.8. The fourth-order valence-electron chi connectivity index (χ4n) is 1.72. The zero-order valence-corrected chi connectivity index (χ0v) is 11.7. The van der Waals surface area contributed by atoms with Crippen molar-refractivity contribution >= 4 is 11.6 Å². The van der Waals surface area contributed by atoms with Crippen LogP contribution in [0.25, 0.3) is 11.4 Å². The Bertz CT molecular complexity index is 744. The normalized spacial score (nSPS) is 11.5. The second-order valence-corrected chi connectivity index (χ2v) is 4.45. The first-order valence-corrected chi connectivity index (χ1v) is 5.98. The fourth-order valence-corrected chi connectivity index (χ4v) is 1.89. The molecule has 1 aromatic heterocycles. The molecule has 0 aliphatic carbocycles. The van der Waals surface area contributed by atoms with Crippen molar-refractivity contribution in [2.75, 3.05) is 7.11 Å². The highest BCUT2D eigenvalue weighted by molar-refractivity contribution is 6.29. The Labute approximate surface area is 121 Å². The lowest BCUT2D eigenvalue weighted by atomic mass is 10.1. The third-order valence-electron chi connectivity index (χ3n) is 2.80. The van der Waals surface area contributed by atoms with Gasteiger partial charge in [-0.05, 0) is 18.2 Å². The molecule has 0 fully saturated rings. The van der Waals surface area contributed by atoms with E-state index in [1.165, 1.54) is 20.2 Å². The molecule has 1 heterocycles. The summed E-state index contributed by atoms with van der Waals surface area (Å²) in [5.74, 6) is -0.0218. The average Bonchev–Trinajstić information content (AvgIpc) is 2.43. The molecule has 9 heteroatoms. The van der Waals surface area contributed by atoms with Crippen molar-refractivity contribution in [3.8, 4) is 17.1 Å². The first-order valence-electron chi connectivity index (χ1n) is 5.60. The van der Waals surface area contributed by atoms with Crippen molar-refractivity contribution in [1.82, 2.24) is 14.8 Å². The minimum Gasteiger partial charge on any atom is -0.496 e. The Morgan fingerprint density at radius 2 is 1.95 bits per heavy atom. The van der Waals surface area contributed by atoms with Crippen LogP contribution < -0.4 is 10.3 Å². The van der Waals surface area contributed by atoms with Crippen LogP contribution in [0.15, 0.2) is 23.0 Å². The standard InChI is InChI=1S/C12H9ClF3N3O2/c1-19-10(18-17-9(13)11(19)20)7-4-3-6(12(14,15)16)5-8(7)21-2/h3-5H,1-2H3. The van der Waals surface area contributed by atoms with Crippen LogP contribution >= 0.6 is 11.6 Å². The van der Waals surface area contributed by atoms with Gasteiger partial charge >= 0.3 is 6.18 Å². The molecule has 0 saturated heterocycles. The SMILES string of the molecule is COc1cc(C(F)(F)F)ccc1-c1nnc(Cl)c(=O)n1C. The molecule has 2 aromatic rings. The number of rotatable bonds is 2. The molecule has 2 rings (SSSR count).